The van der Waals surface area contributed by atoms with E-state index in [1.165, 1.54) is 19.0 Å². The number of piperidine rings is 3. The van der Waals surface area contributed by atoms with Gasteiger partial charge in [-0.15, -0.1) is 0 Å². The molecule has 5 nitrogen and oxygen atoms in total. The summed E-state index contributed by atoms with van der Waals surface area (Å²) in [5.41, 5.74) is 1.72. The van der Waals surface area contributed by atoms with E-state index in [0.717, 1.165) is 53.0 Å². The summed E-state index contributed by atoms with van der Waals surface area (Å²) in [4.78, 5) is 14.6. The molecule has 1 aliphatic carbocycles. The van der Waals surface area contributed by atoms with Crippen LogP contribution in [-0.2, 0) is 4.74 Å². The maximum Gasteiger partial charge on any atom is 0.251 e. The van der Waals surface area contributed by atoms with Gasteiger partial charge < -0.3 is 9.84 Å². The molecule has 25 heavy (non-hydrogen) atoms. The standard InChI is InChI=1S/C20H27N2O3/c1-3-13-12-21-8-6-14(13)10-19(21)20(23)16-7-9-22(24)18-5-4-15(25-2)11-17(16)18/h4-5,7,9,11,13-14,18-20,23H,3,6,8,10,12H2,1-2H3/q+1. The quantitative estimate of drug-likeness (QED) is 0.797. The Morgan fingerprint density at radius 1 is 1.44 bits per heavy atom. The summed E-state index contributed by atoms with van der Waals surface area (Å²) in [5.74, 6) is 2.20. The fourth-order valence-electron chi connectivity index (χ4n) is 4.97. The minimum absolute atomic E-state index is 0.151. The molecule has 0 aromatic carbocycles. The number of hydrogen-bond donors (Lipinski definition) is 1. The predicted molar refractivity (Wildman–Crippen MR) is 95.7 cm³/mol. The molecule has 5 rings (SSSR count). The van der Waals surface area contributed by atoms with Crippen LogP contribution in [0.2, 0.25) is 0 Å². The number of nitroso groups, excluding NO2 is 1. The van der Waals surface area contributed by atoms with Gasteiger partial charge in [0.15, 0.2) is 0 Å². The number of methoxy groups -OCH3 is 1. The molecule has 2 bridgehead atoms. The molecule has 3 saturated heterocycles. The second-order valence-corrected chi connectivity index (χ2v) is 7.60. The van der Waals surface area contributed by atoms with Crippen LogP contribution in [-0.4, -0.2) is 53.2 Å². The third-order valence-corrected chi connectivity index (χ3v) is 6.45. The molecule has 0 aromatic rings. The van der Waals surface area contributed by atoms with Crippen molar-refractivity contribution in [2.24, 2.45) is 11.8 Å². The van der Waals surface area contributed by atoms with Gasteiger partial charge >= 0.3 is 0 Å². The van der Waals surface area contributed by atoms with Gasteiger partial charge in [0.1, 0.15) is 5.76 Å². The van der Waals surface area contributed by atoms with Crippen LogP contribution in [0.15, 0.2) is 47.4 Å². The first-order chi connectivity index (χ1) is 12.1. The Morgan fingerprint density at radius 3 is 2.96 bits per heavy atom. The average molecular weight is 343 g/mol. The average Bonchev–Trinajstić information content (AvgIpc) is 2.67. The summed E-state index contributed by atoms with van der Waals surface area (Å²) in [6.07, 6.45) is 11.8. The maximum absolute atomic E-state index is 12.2. The molecule has 4 heterocycles. The van der Waals surface area contributed by atoms with Crippen molar-refractivity contribution in [1.82, 2.24) is 4.90 Å². The highest BCUT2D eigenvalue weighted by Crippen LogP contribution is 2.41. The normalized spacial score (nSPS) is 37.8. The highest BCUT2D eigenvalue weighted by molar-refractivity contribution is 5.47. The molecule has 0 saturated carbocycles. The van der Waals surface area contributed by atoms with Crippen molar-refractivity contribution in [3.8, 4) is 0 Å². The first kappa shape index (κ1) is 16.7. The van der Waals surface area contributed by atoms with Gasteiger partial charge in [-0.05, 0) is 55.0 Å². The molecular formula is C20H27N2O3+. The van der Waals surface area contributed by atoms with E-state index in [1.807, 2.05) is 18.2 Å². The van der Waals surface area contributed by atoms with Gasteiger partial charge in [0, 0.05) is 33.9 Å². The summed E-state index contributed by atoms with van der Waals surface area (Å²) in [7, 11) is 1.62. The minimum atomic E-state index is -0.566. The van der Waals surface area contributed by atoms with E-state index in [2.05, 4.69) is 11.8 Å². The lowest BCUT2D eigenvalue weighted by Gasteiger charge is -2.51. The van der Waals surface area contributed by atoms with Crippen molar-refractivity contribution in [2.75, 3.05) is 20.2 Å². The van der Waals surface area contributed by atoms with E-state index in [4.69, 9.17) is 4.74 Å². The molecule has 4 aliphatic heterocycles. The van der Waals surface area contributed by atoms with E-state index < -0.39 is 6.10 Å². The zero-order valence-corrected chi connectivity index (χ0v) is 15.0. The van der Waals surface area contributed by atoms with Crippen LogP contribution < -0.4 is 0 Å². The van der Waals surface area contributed by atoms with E-state index >= 15 is 0 Å². The fraction of sp³-hybridized carbons (Fsp3) is 0.600. The van der Waals surface area contributed by atoms with Crippen molar-refractivity contribution < 1.29 is 14.6 Å². The first-order valence-electron chi connectivity index (χ1n) is 9.36. The maximum atomic E-state index is 12.2. The number of hydrogen-bond acceptors (Lipinski definition) is 4. The number of allylic oxidation sites excluding steroid dienone is 1. The Labute approximate surface area is 148 Å². The fourth-order valence-corrected chi connectivity index (χ4v) is 4.97. The second-order valence-electron chi connectivity index (χ2n) is 7.60. The van der Waals surface area contributed by atoms with Gasteiger partial charge in [0.2, 0.25) is 6.20 Å². The van der Waals surface area contributed by atoms with Gasteiger partial charge in [0.25, 0.3) is 6.04 Å². The van der Waals surface area contributed by atoms with Gasteiger partial charge in [-0.2, -0.15) is 0 Å². The summed E-state index contributed by atoms with van der Waals surface area (Å²) >= 11 is 0. The topological polar surface area (TPSA) is 52.8 Å². The highest BCUT2D eigenvalue weighted by atomic mass is 16.5. The molecular weight excluding hydrogens is 316 g/mol. The number of nitrogens with zero attached hydrogens (tertiary/aromatic N) is 2. The van der Waals surface area contributed by atoms with Crippen LogP contribution >= 0.6 is 0 Å². The van der Waals surface area contributed by atoms with Crippen molar-refractivity contribution in [2.45, 2.75) is 44.4 Å². The Hall–Kier alpha value is -1.72. The van der Waals surface area contributed by atoms with Crippen LogP contribution in [0.25, 0.3) is 0 Å². The molecule has 134 valence electrons. The Bertz CT molecular complexity index is 691. The van der Waals surface area contributed by atoms with Crippen LogP contribution in [0.1, 0.15) is 26.2 Å². The molecule has 0 amide bonds. The molecule has 0 spiro atoms. The number of aliphatic hydroxyl groups excluding tert-OH is 1. The number of ether oxygens (including phenoxy) is 1. The van der Waals surface area contributed by atoms with E-state index in [0.29, 0.717) is 0 Å². The number of fused-ring (bicyclic) bond motifs is 4. The van der Waals surface area contributed by atoms with Crippen molar-refractivity contribution in [3.63, 3.8) is 0 Å². The molecule has 3 fully saturated rings. The summed E-state index contributed by atoms with van der Waals surface area (Å²) in [6, 6.07) is -0.217. The largest absolute Gasteiger partial charge is 0.497 e. The molecule has 1 N–H and O–H groups in total. The van der Waals surface area contributed by atoms with Crippen LogP contribution in [0.3, 0.4) is 0 Å². The Morgan fingerprint density at radius 2 is 2.28 bits per heavy atom. The molecule has 6 atom stereocenters. The predicted octanol–water partition coefficient (Wildman–Crippen LogP) is 2.54. The van der Waals surface area contributed by atoms with Gasteiger partial charge in [-0.3, -0.25) is 4.90 Å². The SMILES string of the molecule is CCC1CN2CCC1CC2C(O)C1=C2C=C(OC)C=CC2[N+](=O)C=C1. The molecule has 0 aromatic heterocycles. The molecule has 5 aliphatic rings. The van der Waals surface area contributed by atoms with Crippen molar-refractivity contribution in [1.29, 1.82) is 0 Å². The van der Waals surface area contributed by atoms with E-state index in [9.17, 15) is 10.0 Å². The van der Waals surface area contributed by atoms with Crippen molar-refractivity contribution >= 4 is 0 Å². The van der Waals surface area contributed by atoms with Crippen LogP contribution in [0.4, 0.5) is 0 Å². The lowest BCUT2D eigenvalue weighted by molar-refractivity contribution is -0.499. The third kappa shape index (κ3) is 2.79. The van der Waals surface area contributed by atoms with Crippen LogP contribution in [0.5, 0.6) is 0 Å². The van der Waals surface area contributed by atoms with E-state index in [-0.39, 0.29) is 12.1 Å². The smallest absolute Gasteiger partial charge is 0.251 e. The second kappa shape index (κ2) is 6.54. The summed E-state index contributed by atoms with van der Waals surface area (Å²) < 4.78 is 6.27. The lowest BCUT2D eigenvalue weighted by Crippen LogP contribution is -2.57. The molecule has 6 unspecified atom stereocenters. The number of aliphatic hydroxyl groups is 1. The Kier molecular flexibility index (Phi) is 4.38. The van der Waals surface area contributed by atoms with Gasteiger partial charge in [-0.1, -0.05) is 13.3 Å². The minimum Gasteiger partial charge on any atom is -0.497 e. The highest BCUT2D eigenvalue weighted by Gasteiger charge is 2.44. The molecule has 5 heteroatoms. The summed E-state index contributed by atoms with van der Waals surface area (Å²) in [6.45, 7) is 4.43. The Balaban J connectivity index is 1.64. The van der Waals surface area contributed by atoms with Crippen LogP contribution in [0, 0.1) is 16.7 Å². The van der Waals surface area contributed by atoms with Gasteiger partial charge in [0.05, 0.1) is 13.2 Å². The zero-order chi connectivity index (χ0) is 17.6. The van der Waals surface area contributed by atoms with E-state index in [1.54, 1.807) is 13.2 Å². The third-order valence-electron chi connectivity index (χ3n) is 6.45. The molecule has 0 radical (unpaired) electrons. The van der Waals surface area contributed by atoms with Gasteiger partial charge in [-0.25, -0.2) is 0 Å². The zero-order valence-electron chi connectivity index (χ0n) is 15.0. The van der Waals surface area contributed by atoms with Crippen molar-refractivity contribution in [3.05, 3.63) is 52.3 Å². The lowest BCUT2D eigenvalue weighted by atomic mass is 9.72. The number of rotatable bonds is 4. The first-order valence-corrected chi connectivity index (χ1v) is 9.36. The summed E-state index contributed by atoms with van der Waals surface area (Å²) in [5, 5.41) is 11.2. The monoisotopic (exact) mass is 343 g/mol.